The summed E-state index contributed by atoms with van der Waals surface area (Å²) in [6.45, 7) is 4.04. The fourth-order valence-corrected chi connectivity index (χ4v) is 4.37. The summed E-state index contributed by atoms with van der Waals surface area (Å²) >= 11 is 1.55. The van der Waals surface area contributed by atoms with Crippen molar-refractivity contribution >= 4 is 17.7 Å². The maximum absolute atomic E-state index is 13.6. The zero-order valence-corrected chi connectivity index (χ0v) is 20.1. The molecule has 4 aromatic rings. The van der Waals surface area contributed by atoms with Gasteiger partial charge in [0, 0.05) is 29.5 Å². The lowest BCUT2D eigenvalue weighted by Crippen LogP contribution is -2.31. The smallest absolute Gasteiger partial charge is 0.251 e. The van der Waals surface area contributed by atoms with E-state index in [1.54, 1.807) is 23.9 Å². The highest BCUT2D eigenvalue weighted by molar-refractivity contribution is 7.98. The Balaban J connectivity index is 1.52. The average Bonchev–Trinajstić information content (AvgIpc) is 3.26. The topological polar surface area (TPSA) is 59.8 Å². The van der Waals surface area contributed by atoms with E-state index >= 15 is 0 Å². The van der Waals surface area contributed by atoms with Gasteiger partial charge in [-0.1, -0.05) is 61.2 Å². The van der Waals surface area contributed by atoms with Crippen LogP contribution in [0.15, 0.2) is 84.0 Å². The van der Waals surface area contributed by atoms with Gasteiger partial charge in [-0.25, -0.2) is 4.39 Å². The summed E-state index contributed by atoms with van der Waals surface area (Å²) in [6.07, 6.45) is 1.51. The second-order valence-electron chi connectivity index (χ2n) is 8.14. The predicted molar refractivity (Wildman–Crippen MR) is 134 cm³/mol. The third-order valence-corrected chi connectivity index (χ3v) is 6.56. The molecule has 0 fully saturated rings. The molecule has 0 bridgehead atoms. The molecule has 1 atom stereocenters. The van der Waals surface area contributed by atoms with Crippen LogP contribution in [0.2, 0.25) is 0 Å². The van der Waals surface area contributed by atoms with E-state index in [0.717, 1.165) is 34.2 Å². The fourth-order valence-electron chi connectivity index (χ4n) is 3.45. The average molecular weight is 475 g/mol. The molecule has 34 heavy (non-hydrogen) atoms. The third-order valence-electron chi connectivity index (χ3n) is 5.56. The minimum Gasteiger partial charge on any atom is -0.350 e. The summed E-state index contributed by atoms with van der Waals surface area (Å²) in [5.74, 6) is 1.11. The second-order valence-corrected chi connectivity index (χ2v) is 9.08. The van der Waals surface area contributed by atoms with Crippen LogP contribution in [0.25, 0.3) is 5.69 Å². The van der Waals surface area contributed by atoms with E-state index in [-0.39, 0.29) is 17.8 Å². The number of carbonyl (C=O) groups is 1. The molecular formula is C27H27FN4OS. The standard InChI is InChI=1S/C27H27FN4OS/c1-3-19(2)29-26(33)22-11-9-21(10-12-22)18-34-27-31-30-25(17-20-7-5-4-6-8-20)32(27)24-15-13-23(28)14-16-24/h4-16,19H,3,17-18H2,1-2H3,(H,29,33)/t19-/m0/s1. The first-order valence-electron chi connectivity index (χ1n) is 11.3. The van der Waals surface area contributed by atoms with Crippen molar-refractivity contribution < 1.29 is 9.18 Å². The van der Waals surface area contributed by atoms with Gasteiger partial charge in [-0.3, -0.25) is 9.36 Å². The number of aromatic nitrogens is 3. The Morgan fingerprint density at radius 1 is 0.971 bits per heavy atom. The number of benzene rings is 3. The van der Waals surface area contributed by atoms with Gasteiger partial charge in [-0.2, -0.15) is 0 Å². The van der Waals surface area contributed by atoms with Crippen molar-refractivity contribution in [1.82, 2.24) is 20.1 Å². The van der Waals surface area contributed by atoms with Crippen LogP contribution >= 0.6 is 11.8 Å². The molecule has 0 spiro atoms. The molecule has 7 heteroatoms. The van der Waals surface area contributed by atoms with E-state index in [2.05, 4.69) is 27.6 Å². The number of carbonyl (C=O) groups excluding carboxylic acids is 1. The molecule has 1 heterocycles. The van der Waals surface area contributed by atoms with Gasteiger partial charge >= 0.3 is 0 Å². The highest BCUT2D eigenvalue weighted by Crippen LogP contribution is 2.26. The van der Waals surface area contributed by atoms with E-state index in [9.17, 15) is 9.18 Å². The predicted octanol–water partition coefficient (Wildman–Crippen LogP) is 5.82. The normalized spacial score (nSPS) is 11.9. The number of halogens is 1. The lowest BCUT2D eigenvalue weighted by atomic mass is 10.1. The van der Waals surface area contributed by atoms with Gasteiger partial charge in [-0.15, -0.1) is 10.2 Å². The van der Waals surface area contributed by atoms with E-state index < -0.39 is 0 Å². The van der Waals surface area contributed by atoms with Crippen LogP contribution in [0.4, 0.5) is 4.39 Å². The molecule has 0 unspecified atom stereocenters. The number of nitrogens with zero attached hydrogens (tertiary/aromatic N) is 3. The molecular weight excluding hydrogens is 447 g/mol. The summed E-state index contributed by atoms with van der Waals surface area (Å²) in [7, 11) is 0. The Hall–Kier alpha value is -3.45. The Morgan fingerprint density at radius 2 is 1.68 bits per heavy atom. The summed E-state index contributed by atoms with van der Waals surface area (Å²) < 4.78 is 15.5. The summed E-state index contributed by atoms with van der Waals surface area (Å²) in [6, 6.07) is 24.2. The third kappa shape index (κ3) is 5.91. The van der Waals surface area contributed by atoms with Crippen molar-refractivity contribution in [1.29, 1.82) is 0 Å². The van der Waals surface area contributed by atoms with Gasteiger partial charge in [0.2, 0.25) is 0 Å². The SMILES string of the molecule is CC[C@H](C)NC(=O)c1ccc(CSc2nnc(Cc3ccccc3)n2-c2ccc(F)cc2)cc1. The van der Waals surface area contributed by atoms with E-state index in [1.165, 1.54) is 12.1 Å². The monoisotopic (exact) mass is 474 g/mol. The Labute approximate surface area is 203 Å². The van der Waals surface area contributed by atoms with Crippen molar-refractivity contribution in [3.05, 3.63) is 107 Å². The molecule has 1 aromatic heterocycles. The van der Waals surface area contributed by atoms with Crippen molar-refractivity contribution in [2.45, 2.75) is 43.6 Å². The number of hydrogen-bond donors (Lipinski definition) is 1. The number of hydrogen-bond acceptors (Lipinski definition) is 4. The van der Waals surface area contributed by atoms with E-state index in [0.29, 0.717) is 17.7 Å². The highest BCUT2D eigenvalue weighted by Gasteiger charge is 2.16. The lowest BCUT2D eigenvalue weighted by Gasteiger charge is -2.12. The molecule has 1 amide bonds. The molecule has 0 aliphatic rings. The summed E-state index contributed by atoms with van der Waals surface area (Å²) in [4.78, 5) is 12.3. The summed E-state index contributed by atoms with van der Waals surface area (Å²) in [5.41, 5.74) is 3.66. The minimum atomic E-state index is -0.284. The second kappa shape index (κ2) is 11.1. The Bertz CT molecular complexity index is 1220. The van der Waals surface area contributed by atoms with Gasteiger partial charge in [-0.05, 0) is 60.9 Å². The zero-order chi connectivity index (χ0) is 23.9. The Morgan fingerprint density at radius 3 is 2.35 bits per heavy atom. The van der Waals surface area contributed by atoms with Crippen molar-refractivity contribution in [3.63, 3.8) is 0 Å². The quantitative estimate of drug-likeness (QED) is 0.311. The number of amides is 1. The van der Waals surface area contributed by atoms with Crippen LogP contribution in [0, 0.1) is 5.82 Å². The first-order chi connectivity index (χ1) is 16.5. The molecule has 1 N–H and O–H groups in total. The highest BCUT2D eigenvalue weighted by atomic mass is 32.2. The van der Waals surface area contributed by atoms with Gasteiger partial charge in [0.1, 0.15) is 11.6 Å². The molecule has 0 saturated carbocycles. The van der Waals surface area contributed by atoms with Gasteiger partial charge in [0.15, 0.2) is 5.16 Å². The molecule has 0 saturated heterocycles. The molecule has 3 aromatic carbocycles. The number of thioether (sulfide) groups is 1. The molecule has 0 aliphatic carbocycles. The van der Waals surface area contributed by atoms with Crippen LogP contribution in [-0.2, 0) is 12.2 Å². The Kier molecular flexibility index (Phi) is 7.75. The van der Waals surface area contributed by atoms with Crippen molar-refractivity contribution in [2.24, 2.45) is 0 Å². The minimum absolute atomic E-state index is 0.0600. The van der Waals surface area contributed by atoms with Gasteiger partial charge in [0.05, 0.1) is 0 Å². The maximum atomic E-state index is 13.6. The van der Waals surface area contributed by atoms with Gasteiger partial charge in [0.25, 0.3) is 5.91 Å². The van der Waals surface area contributed by atoms with Crippen molar-refractivity contribution in [2.75, 3.05) is 0 Å². The first-order valence-corrected chi connectivity index (χ1v) is 12.3. The van der Waals surface area contributed by atoms with Crippen molar-refractivity contribution in [3.8, 4) is 5.69 Å². The summed E-state index contributed by atoms with van der Waals surface area (Å²) in [5, 5.41) is 12.6. The first kappa shape index (κ1) is 23.7. The molecule has 4 rings (SSSR count). The molecule has 174 valence electrons. The van der Waals surface area contributed by atoms with Crippen LogP contribution in [-0.4, -0.2) is 26.7 Å². The van der Waals surface area contributed by atoms with Crippen LogP contribution in [0.3, 0.4) is 0 Å². The van der Waals surface area contributed by atoms with E-state index in [4.69, 9.17) is 0 Å². The largest absolute Gasteiger partial charge is 0.350 e. The molecule has 5 nitrogen and oxygen atoms in total. The fraction of sp³-hybridized carbons (Fsp3) is 0.222. The number of rotatable bonds is 9. The molecule has 0 radical (unpaired) electrons. The lowest BCUT2D eigenvalue weighted by molar-refractivity contribution is 0.0939. The number of nitrogens with one attached hydrogen (secondary N) is 1. The maximum Gasteiger partial charge on any atom is 0.251 e. The van der Waals surface area contributed by atoms with Crippen LogP contribution in [0.1, 0.15) is 47.6 Å². The zero-order valence-electron chi connectivity index (χ0n) is 19.2. The van der Waals surface area contributed by atoms with Crippen LogP contribution in [0.5, 0.6) is 0 Å². The van der Waals surface area contributed by atoms with E-state index in [1.807, 2.05) is 60.9 Å². The van der Waals surface area contributed by atoms with Gasteiger partial charge < -0.3 is 5.32 Å². The van der Waals surface area contributed by atoms with Crippen LogP contribution < -0.4 is 5.32 Å². The molecule has 0 aliphatic heterocycles.